The summed E-state index contributed by atoms with van der Waals surface area (Å²) in [5.41, 5.74) is 9.27. The molecule has 0 saturated heterocycles. The Balaban J connectivity index is 1.43. The Kier molecular flexibility index (Phi) is 4.47. The largest absolute Gasteiger partial charge is 0.384 e. The van der Waals surface area contributed by atoms with Gasteiger partial charge in [-0.2, -0.15) is 5.26 Å². The fourth-order valence-corrected chi connectivity index (χ4v) is 5.40. The Morgan fingerprint density at radius 2 is 1.77 bits per heavy atom. The number of thiazole rings is 1. The summed E-state index contributed by atoms with van der Waals surface area (Å²) in [4.78, 5) is 18.4. The number of aromatic nitrogens is 1. The second-order valence-electron chi connectivity index (χ2n) is 6.74. The van der Waals surface area contributed by atoms with Crippen LogP contribution < -0.4 is 16.4 Å². The molecule has 0 aliphatic carbocycles. The maximum Gasteiger partial charge on any atom is 0.321 e. The Bertz CT molecular complexity index is 1310. The van der Waals surface area contributed by atoms with Crippen molar-refractivity contribution in [3.63, 3.8) is 0 Å². The first-order valence-corrected chi connectivity index (χ1v) is 10.8. The molecule has 0 radical (unpaired) electrons. The highest BCUT2D eigenvalue weighted by atomic mass is 32.1. The molecule has 2 aromatic carbocycles. The summed E-state index contributed by atoms with van der Waals surface area (Å²) < 4.78 is 1.17. The van der Waals surface area contributed by atoms with E-state index in [1.807, 2.05) is 30.3 Å². The van der Waals surface area contributed by atoms with Crippen molar-refractivity contribution in [1.29, 1.82) is 5.26 Å². The van der Waals surface area contributed by atoms with E-state index in [-0.39, 0.29) is 5.82 Å². The Hall–Kier alpha value is -3.67. The maximum atomic E-state index is 11.8. The van der Waals surface area contributed by atoms with Crippen molar-refractivity contribution < 1.29 is 4.79 Å². The summed E-state index contributed by atoms with van der Waals surface area (Å²) in [6, 6.07) is 21.4. The molecule has 0 bridgehead atoms. The fourth-order valence-electron chi connectivity index (χ4n) is 3.36. The Labute approximate surface area is 180 Å². The SMILES string of the molecule is N#CC1=C(N)NC(=O)NC1c1ccc(-c2ccc(-c3nc4ccccc4s3)cc2)s1. The lowest BCUT2D eigenvalue weighted by molar-refractivity contribution is 0.239. The van der Waals surface area contributed by atoms with Gasteiger partial charge in [0, 0.05) is 15.3 Å². The third-order valence-corrected chi connectivity index (χ3v) is 7.13. The average Bonchev–Trinajstić information content (AvgIpc) is 3.41. The van der Waals surface area contributed by atoms with Gasteiger partial charge in [-0.15, -0.1) is 22.7 Å². The number of carbonyl (C=O) groups excluding carboxylic acids is 1. The zero-order chi connectivity index (χ0) is 20.7. The molecule has 8 heteroatoms. The molecule has 4 aromatic rings. The maximum absolute atomic E-state index is 11.8. The zero-order valence-corrected chi connectivity index (χ0v) is 17.2. The number of hydrogen-bond acceptors (Lipinski definition) is 6. The third-order valence-electron chi connectivity index (χ3n) is 4.84. The van der Waals surface area contributed by atoms with E-state index in [9.17, 15) is 10.1 Å². The predicted octanol–water partition coefficient (Wildman–Crippen LogP) is 4.74. The highest BCUT2D eigenvalue weighted by Gasteiger charge is 2.28. The summed E-state index contributed by atoms with van der Waals surface area (Å²) >= 11 is 3.20. The van der Waals surface area contributed by atoms with E-state index in [2.05, 4.69) is 47.0 Å². The van der Waals surface area contributed by atoms with Gasteiger partial charge in [0.25, 0.3) is 0 Å². The minimum absolute atomic E-state index is 0.0985. The first-order valence-electron chi connectivity index (χ1n) is 9.16. The molecule has 0 saturated carbocycles. The Morgan fingerprint density at radius 1 is 1.00 bits per heavy atom. The molecule has 0 spiro atoms. The average molecular weight is 430 g/mol. The number of rotatable bonds is 3. The van der Waals surface area contributed by atoms with Crippen LogP contribution in [0.5, 0.6) is 0 Å². The number of thiophene rings is 1. The van der Waals surface area contributed by atoms with Crippen LogP contribution in [0.25, 0.3) is 31.2 Å². The second-order valence-corrected chi connectivity index (χ2v) is 8.88. The van der Waals surface area contributed by atoms with E-state index < -0.39 is 12.1 Å². The quantitative estimate of drug-likeness (QED) is 0.437. The van der Waals surface area contributed by atoms with E-state index in [1.54, 1.807) is 11.3 Å². The molecule has 4 N–H and O–H groups in total. The number of para-hydroxylation sites is 1. The van der Waals surface area contributed by atoms with Gasteiger partial charge in [-0.3, -0.25) is 5.32 Å². The van der Waals surface area contributed by atoms with Crippen LogP contribution in [0.2, 0.25) is 0 Å². The predicted molar refractivity (Wildman–Crippen MR) is 120 cm³/mol. The number of amides is 2. The normalized spacial score (nSPS) is 16.2. The number of nitrogens with two attached hydrogens (primary N) is 1. The minimum atomic E-state index is -0.537. The standard InChI is InChI=1S/C22H15N5OS2/c23-11-14-19(26-22(28)27-20(14)24)18-10-9-16(29-18)12-5-7-13(8-6-12)21-25-15-3-1-2-4-17(15)30-21/h1-10,19H,24H2,(H2,26,27,28). The molecule has 30 heavy (non-hydrogen) atoms. The van der Waals surface area contributed by atoms with Crippen molar-refractivity contribution in [3.8, 4) is 27.1 Å². The van der Waals surface area contributed by atoms with Crippen LogP contribution in [0.3, 0.4) is 0 Å². The summed E-state index contributed by atoms with van der Waals surface area (Å²) in [6.07, 6.45) is 0. The zero-order valence-electron chi connectivity index (χ0n) is 15.5. The van der Waals surface area contributed by atoms with Gasteiger partial charge < -0.3 is 11.1 Å². The molecule has 1 aliphatic rings. The van der Waals surface area contributed by atoms with Gasteiger partial charge in [-0.05, 0) is 29.8 Å². The van der Waals surface area contributed by atoms with Gasteiger partial charge in [0.05, 0.1) is 15.8 Å². The highest BCUT2D eigenvalue weighted by molar-refractivity contribution is 7.21. The van der Waals surface area contributed by atoms with Crippen LogP contribution in [-0.2, 0) is 0 Å². The summed E-state index contributed by atoms with van der Waals surface area (Å²) in [6.45, 7) is 0. The first kappa shape index (κ1) is 18.4. The van der Waals surface area contributed by atoms with Crippen LogP contribution >= 0.6 is 22.7 Å². The highest BCUT2D eigenvalue weighted by Crippen LogP contribution is 2.36. The van der Waals surface area contributed by atoms with Gasteiger partial charge in [-0.1, -0.05) is 36.4 Å². The number of carbonyl (C=O) groups is 1. The smallest absolute Gasteiger partial charge is 0.321 e. The van der Waals surface area contributed by atoms with Crippen LogP contribution in [0.1, 0.15) is 10.9 Å². The number of urea groups is 1. The molecule has 6 nitrogen and oxygen atoms in total. The van der Waals surface area contributed by atoms with Gasteiger partial charge in [0.1, 0.15) is 22.9 Å². The number of benzene rings is 2. The number of fused-ring (bicyclic) bond motifs is 1. The van der Waals surface area contributed by atoms with Crippen LogP contribution in [0, 0.1) is 11.3 Å². The third kappa shape index (κ3) is 3.20. The minimum Gasteiger partial charge on any atom is -0.384 e. The molecule has 1 unspecified atom stereocenters. The van der Waals surface area contributed by atoms with Crippen molar-refractivity contribution in [1.82, 2.24) is 15.6 Å². The van der Waals surface area contributed by atoms with Gasteiger partial charge in [0.15, 0.2) is 0 Å². The molecule has 146 valence electrons. The fraction of sp³-hybridized carbons (Fsp3) is 0.0455. The molecule has 2 amide bonds. The lowest BCUT2D eigenvalue weighted by Gasteiger charge is -2.23. The van der Waals surface area contributed by atoms with Gasteiger partial charge in [-0.25, -0.2) is 9.78 Å². The topological polar surface area (TPSA) is 104 Å². The van der Waals surface area contributed by atoms with E-state index in [1.165, 1.54) is 16.0 Å². The van der Waals surface area contributed by atoms with E-state index in [0.29, 0.717) is 5.57 Å². The monoisotopic (exact) mass is 429 g/mol. The molecule has 1 atom stereocenters. The number of nitriles is 1. The van der Waals surface area contributed by atoms with E-state index >= 15 is 0 Å². The van der Waals surface area contributed by atoms with Gasteiger partial charge >= 0.3 is 6.03 Å². The lowest BCUT2D eigenvalue weighted by Crippen LogP contribution is -2.45. The van der Waals surface area contributed by atoms with Crippen molar-refractivity contribution in [2.45, 2.75) is 6.04 Å². The van der Waals surface area contributed by atoms with E-state index in [0.717, 1.165) is 31.4 Å². The lowest BCUT2D eigenvalue weighted by atomic mass is 10.1. The number of nitrogens with zero attached hydrogens (tertiary/aromatic N) is 2. The molecular formula is C22H15N5OS2. The van der Waals surface area contributed by atoms with Gasteiger partial charge in [0.2, 0.25) is 0 Å². The molecule has 3 heterocycles. The summed E-state index contributed by atoms with van der Waals surface area (Å²) in [5, 5.41) is 15.6. The molecule has 5 rings (SSSR count). The molecule has 2 aromatic heterocycles. The van der Waals surface area contributed by atoms with Crippen molar-refractivity contribution in [2.75, 3.05) is 0 Å². The molecule has 0 fully saturated rings. The van der Waals surface area contributed by atoms with Crippen molar-refractivity contribution in [3.05, 3.63) is 76.9 Å². The van der Waals surface area contributed by atoms with Crippen molar-refractivity contribution in [2.24, 2.45) is 5.73 Å². The number of nitrogens with one attached hydrogen (secondary N) is 2. The summed E-state index contributed by atoms with van der Waals surface area (Å²) in [5.74, 6) is 0.0985. The summed E-state index contributed by atoms with van der Waals surface area (Å²) in [7, 11) is 0. The van der Waals surface area contributed by atoms with Crippen LogP contribution in [0.15, 0.2) is 72.1 Å². The van der Waals surface area contributed by atoms with Crippen molar-refractivity contribution >= 4 is 38.9 Å². The van der Waals surface area contributed by atoms with Crippen LogP contribution in [-0.4, -0.2) is 11.0 Å². The first-order chi connectivity index (χ1) is 14.6. The second kappa shape index (κ2) is 7.30. The molecular weight excluding hydrogens is 414 g/mol. The molecule has 1 aliphatic heterocycles. The Morgan fingerprint density at radius 3 is 2.53 bits per heavy atom. The van der Waals surface area contributed by atoms with Crippen LogP contribution in [0.4, 0.5) is 4.79 Å². The van der Waals surface area contributed by atoms with E-state index in [4.69, 9.17) is 10.7 Å². The number of hydrogen-bond donors (Lipinski definition) is 3.